The van der Waals surface area contributed by atoms with E-state index in [9.17, 15) is 17.8 Å². The first-order valence-corrected chi connectivity index (χ1v) is 13.2. The first kappa shape index (κ1) is 24.2. The molecule has 0 saturated carbocycles. The van der Waals surface area contributed by atoms with Crippen LogP contribution in [0.5, 0.6) is 0 Å². The van der Waals surface area contributed by atoms with Crippen LogP contribution in [0, 0.1) is 0 Å². The van der Waals surface area contributed by atoms with E-state index in [2.05, 4.69) is 0 Å². The lowest BCUT2D eigenvalue weighted by Gasteiger charge is -2.24. The Morgan fingerprint density at radius 3 is 2.32 bits per heavy atom. The van der Waals surface area contributed by atoms with Crippen molar-refractivity contribution in [3.05, 3.63) is 111 Å². The highest BCUT2D eigenvalue weighted by atomic mass is 35.5. The van der Waals surface area contributed by atoms with Crippen molar-refractivity contribution in [3.8, 4) is 11.1 Å². The maximum atomic E-state index is 13.2. The third-order valence-electron chi connectivity index (χ3n) is 5.36. The van der Waals surface area contributed by atoms with E-state index < -0.39 is 10.1 Å². The van der Waals surface area contributed by atoms with Crippen LogP contribution in [0.25, 0.3) is 11.1 Å². The number of amides is 1. The molecule has 0 spiro atoms. The number of benzene rings is 3. The zero-order valence-electron chi connectivity index (χ0n) is 18.1. The monoisotopic (exact) mass is 511 g/mol. The summed E-state index contributed by atoms with van der Waals surface area (Å²) in [5, 5.41) is 2.36. The fourth-order valence-corrected chi connectivity index (χ4v) is 5.34. The van der Waals surface area contributed by atoms with Gasteiger partial charge in [0.2, 0.25) is 5.91 Å². The maximum Gasteiger partial charge on any atom is 0.295 e. The van der Waals surface area contributed by atoms with Gasteiger partial charge in [-0.15, -0.1) is 11.3 Å². The van der Waals surface area contributed by atoms with Crippen molar-refractivity contribution in [2.24, 2.45) is 0 Å². The largest absolute Gasteiger partial charge is 0.334 e. The Labute approximate surface area is 208 Å². The van der Waals surface area contributed by atoms with Gasteiger partial charge in [0.05, 0.1) is 6.42 Å². The Hall–Kier alpha value is -2.97. The minimum absolute atomic E-state index is 0.0110. The zero-order chi connectivity index (χ0) is 24.1. The molecule has 34 heavy (non-hydrogen) atoms. The van der Waals surface area contributed by atoms with Gasteiger partial charge in [0.1, 0.15) is 4.90 Å². The molecule has 0 saturated heterocycles. The van der Waals surface area contributed by atoms with Crippen molar-refractivity contribution in [2.45, 2.75) is 24.4 Å². The summed E-state index contributed by atoms with van der Waals surface area (Å²) in [6.07, 6.45) is 0.307. The molecule has 0 aliphatic heterocycles. The summed E-state index contributed by atoms with van der Waals surface area (Å²) in [5.41, 5.74) is 2.66. The number of thiophene rings is 1. The van der Waals surface area contributed by atoms with Gasteiger partial charge >= 0.3 is 0 Å². The van der Waals surface area contributed by atoms with Crippen LogP contribution in [0.15, 0.2) is 95.2 Å². The van der Waals surface area contributed by atoms with E-state index in [1.807, 2.05) is 47.8 Å². The molecule has 1 amide bonds. The molecule has 1 N–H and O–H groups in total. The van der Waals surface area contributed by atoms with Gasteiger partial charge in [0.25, 0.3) is 10.1 Å². The molecule has 1 heterocycles. The molecule has 0 aliphatic rings. The summed E-state index contributed by atoms with van der Waals surface area (Å²) in [6, 6.07) is 25.0. The van der Waals surface area contributed by atoms with Gasteiger partial charge in [-0.25, -0.2) is 0 Å². The topological polar surface area (TPSA) is 74.7 Å². The minimum atomic E-state index is -4.39. The lowest BCUT2D eigenvalue weighted by atomic mass is 10.0. The van der Waals surface area contributed by atoms with Gasteiger partial charge in [0.15, 0.2) is 0 Å². The van der Waals surface area contributed by atoms with Gasteiger partial charge < -0.3 is 4.90 Å². The predicted octanol–water partition coefficient (Wildman–Crippen LogP) is 6.09. The quantitative estimate of drug-likeness (QED) is 0.291. The smallest absolute Gasteiger partial charge is 0.295 e. The van der Waals surface area contributed by atoms with E-state index in [4.69, 9.17) is 11.6 Å². The number of nitrogens with zero attached hydrogens (tertiary/aromatic N) is 1. The Kier molecular flexibility index (Phi) is 7.48. The second-order valence-electron chi connectivity index (χ2n) is 7.77. The Bertz CT molecular complexity index is 1390. The van der Waals surface area contributed by atoms with Crippen LogP contribution in [0.3, 0.4) is 0 Å². The van der Waals surface area contributed by atoms with Crippen LogP contribution in [0.1, 0.15) is 16.0 Å². The van der Waals surface area contributed by atoms with Crippen LogP contribution in [0.2, 0.25) is 5.02 Å². The fraction of sp³-hybridized carbons (Fsp3) is 0.115. The van der Waals surface area contributed by atoms with Gasteiger partial charge in [-0.05, 0) is 40.3 Å². The summed E-state index contributed by atoms with van der Waals surface area (Å²) >= 11 is 8.14. The first-order valence-electron chi connectivity index (χ1n) is 10.5. The summed E-state index contributed by atoms with van der Waals surface area (Å²) < 4.78 is 33.1. The highest BCUT2D eigenvalue weighted by molar-refractivity contribution is 7.86. The molecule has 0 aliphatic carbocycles. The lowest BCUT2D eigenvalue weighted by molar-refractivity contribution is -0.131. The number of carbonyl (C=O) groups excluding carboxylic acids is 1. The van der Waals surface area contributed by atoms with Crippen molar-refractivity contribution in [1.29, 1.82) is 0 Å². The average Bonchev–Trinajstić information content (AvgIpc) is 3.33. The normalized spacial score (nSPS) is 11.4. The second kappa shape index (κ2) is 10.5. The van der Waals surface area contributed by atoms with E-state index in [0.29, 0.717) is 35.7 Å². The number of hydrogen-bond acceptors (Lipinski definition) is 4. The molecule has 0 bridgehead atoms. The summed E-state index contributed by atoms with van der Waals surface area (Å²) in [7, 11) is -4.39. The molecule has 0 radical (unpaired) electrons. The van der Waals surface area contributed by atoms with Crippen LogP contribution >= 0.6 is 22.9 Å². The lowest BCUT2D eigenvalue weighted by Crippen LogP contribution is -2.31. The zero-order valence-corrected chi connectivity index (χ0v) is 20.5. The third kappa shape index (κ3) is 5.93. The summed E-state index contributed by atoms with van der Waals surface area (Å²) in [5.74, 6) is -0.0110. The van der Waals surface area contributed by atoms with E-state index >= 15 is 0 Å². The van der Waals surface area contributed by atoms with E-state index in [1.54, 1.807) is 52.6 Å². The van der Waals surface area contributed by atoms with Crippen LogP contribution in [-0.4, -0.2) is 23.8 Å². The minimum Gasteiger partial charge on any atom is -0.334 e. The molecule has 0 fully saturated rings. The third-order valence-corrected chi connectivity index (χ3v) is 7.50. The molecule has 3 aromatic carbocycles. The Morgan fingerprint density at radius 1 is 0.912 bits per heavy atom. The highest BCUT2D eigenvalue weighted by Gasteiger charge is 2.19. The van der Waals surface area contributed by atoms with Crippen molar-refractivity contribution < 1.29 is 17.8 Å². The number of carbonyl (C=O) groups is 1. The van der Waals surface area contributed by atoms with Gasteiger partial charge in [-0.3, -0.25) is 9.35 Å². The van der Waals surface area contributed by atoms with E-state index in [0.717, 1.165) is 16.0 Å². The molecular formula is C26H22ClNO4S2. The van der Waals surface area contributed by atoms with Crippen molar-refractivity contribution >= 4 is 39.0 Å². The number of halogens is 1. The van der Waals surface area contributed by atoms with Crippen LogP contribution in [-0.2, 0) is 34.4 Å². The SMILES string of the molecule is O=C(Cc1cccs1)N(Cc1ccccc1)Cc1ccc(-c2ccccc2S(=O)(=O)O)cc1Cl. The Morgan fingerprint density at radius 2 is 1.65 bits per heavy atom. The molecule has 0 unspecified atom stereocenters. The predicted molar refractivity (Wildman–Crippen MR) is 135 cm³/mol. The molecule has 174 valence electrons. The van der Waals surface area contributed by atoms with Crippen LogP contribution < -0.4 is 0 Å². The van der Waals surface area contributed by atoms with Gasteiger partial charge in [-0.2, -0.15) is 8.42 Å². The van der Waals surface area contributed by atoms with Crippen molar-refractivity contribution in [3.63, 3.8) is 0 Å². The van der Waals surface area contributed by atoms with Crippen LogP contribution in [0.4, 0.5) is 0 Å². The molecule has 4 aromatic rings. The van der Waals surface area contributed by atoms with E-state index in [-0.39, 0.29) is 10.8 Å². The summed E-state index contributed by atoms with van der Waals surface area (Å²) in [4.78, 5) is 15.7. The fourth-order valence-electron chi connectivity index (χ4n) is 3.69. The molecule has 5 nitrogen and oxygen atoms in total. The average molecular weight is 512 g/mol. The van der Waals surface area contributed by atoms with Crippen molar-refractivity contribution in [2.75, 3.05) is 0 Å². The number of rotatable bonds is 8. The molecule has 4 rings (SSSR count). The first-order chi connectivity index (χ1) is 16.3. The summed E-state index contributed by atoms with van der Waals surface area (Å²) in [6.45, 7) is 0.743. The second-order valence-corrected chi connectivity index (χ2v) is 10.6. The molecule has 8 heteroatoms. The maximum absolute atomic E-state index is 13.2. The standard InChI is InChI=1S/C26H22ClNO4S2/c27-24-15-20(23-10-4-5-11-25(23)34(30,31)32)12-13-21(24)18-28(17-19-7-2-1-3-8-19)26(29)16-22-9-6-14-33-22/h1-15H,16-18H2,(H,30,31,32). The van der Waals surface area contributed by atoms with E-state index in [1.165, 1.54) is 6.07 Å². The molecule has 0 atom stereocenters. The van der Waals surface area contributed by atoms with Crippen molar-refractivity contribution in [1.82, 2.24) is 4.90 Å². The molecule has 1 aromatic heterocycles. The number of hydrogen-bond donors (Lipinski definition) is 1. The highest BCUT2D eigenvalue weighted by Crippen LogP contribution is 2.31. The van der Waals surface area contributed by atoms with Gasteiger partial charge in [-0.1, -0.05) is 78.3 Å². The Balaban J connectivity index is 1.62. The van der Waals surface area contributed by atoms with Gasteiger partial charge in [0, 0.05) is 28.6 Å². The molecular weight excluding hydrogens is 490 g/mol.